The van der Waals surface area contributed by atoms with E-state index in [0.717, 1.165) is 40.2 Å². The zero-order chi connectivity index (χ0) is 35.6. The SMILES string of the molecule is CC(C)(C)c1ccc(Cc2ccc(C(C)(C)C)cc2-c2cc(-c3ccccc3)cc(-c3ccccc3)n2)c(-c2cc(-c3ccccc3)ccn2)c1. The third-order valence-electron chi connectivity index (χ3n) is 9.75. The number of pyridine rings is 2. The van der Waals surface area contributed by atoms with Crippen molar-refractivity contribution < 1.29 is 0 Å². The van der Waals surface area contributed by atoms with Crippen molar-refractivity contribution in [3.63, 3.8) is 0 Å². The van der Waals surface area contributed by atoms with Gasteiger partial charge in [0.15, 0.2) is 0 Å². The van der Waals surface area contributed by atoms with Crippen LogP contribution in [0.2, 0.25) is 0 Å². The molecule has 7 rings (SSSR count). The third-order valence-corrected chi connectivity index (χ3v) is 9.75. The van der Waals surface area contributed by atoms with Gasteiger partial charge in [0.1, 0.15) is 0 Å². The Bertz CT molecular complexity index is 2220. The number of hydrogen-bond donors (Lipinski definition) is 0. The predicted molar refractivity (Wildman–Crippen MR) is 216 cm³/mol. The molecule has 0 aliphatic carbocycles. The van der Waals surface area contributed by atoms with Crippen LogP contribution in [0, 0.1) is 0 Å². The quantitative estimate of drug-likeness (QED) is 0.170. The number of rotatable bonds is 7. The summed E-state index contributed by atoms with van der Waals surface area (Å²) in [5, 5.41) is 0. The first-order valence-electron chi connectivity index (χ1n) is 17.9. The monoisotopic (exact) mass is 662 g/mol. The van der Waals surface area contributed by atoms with E-state index in [4.69, 9.17) is 9.97 Å². The van der Waals surface area contributed by atoms with Crippen LogP contribution in [0.15, 0.2) is 158 Å². The summed E-state index contributed by atoms with van der Waals surface area (Å²) in [6, 6.07) is 54.5. The average Bonchev–Trinajstić information content (AvgIpc) is 3.15. The highest BCUT2D eigenvalue weighted by Crippen LogP contribution is 2.38. The first-order valence-corrected chi connectivity index (χ1v) is 17.9. The fourth-order valence-electron chi connectivity index (χ4n) is 6.69. The highest BCUT2D eigenvalue weighted by atomic mass is 14.7. The number of nitrogens with zero attached hydrogens (tertiary/aromatic N) is 2. The Morgan fingerprint density at radius 1 is 0.392 bits per heavy atom. The summed E-state index contributed by atoms with van der Waals surface area (Å²) in [5.74, 6) is 0. The van der Waals surface area contributed by atoms with Crippen molar-refractivity contribution in [1.82, 2.24) is 9.97 Å². The molecule has 0 unspecified atom stereocenters. The Hall–Kier alpha value is -5.60. The summed E-state index contributed by atoms with van der Waals surface area (Å²) in [7, 11) is 0. The van der Waals surface area contributed by atoms with Crippen molar-refractivity contribution in [1.29, 1.82) is 0 Å². The molecule has 0 spiro atoms. The standard InChI is InChI=1S/C49H46N2/c1-48(2,3)41-24-22-38(43(32-41)46-29-37(26-27-50-46)34-16-10-7-11-17-34)28-39-23-25-42(49(4,5)6)33-44(39)47-31-40(35-18-12-8-13-19-35)30-45(51-47)36-20-14-9-15-21-36/h7-27,29-33H,28H2,1-6H3. The second kappa shape index (κ2) is 14.0. The molecule has 0 saturated carbocycles. The molecular weight excluding hydrogens is 617 g/mol. The van der Waals surface area contributed by atoms with Crippen LogP contribution in [0.25, 0.3) is 56.0 Å². The maximum absolute atomic E-state index is 5.38. The third kappa shape index (κ3) is 7.61. The molecule has 0 saturated heterocycles. The number of aromatic nitrogens is 2. The molecule has 0 atom stereocenters. The lowest BCUT2D eigenvalue weighted by Gasteiger charge is -2.24. The van der Waals surface area contributed by atoms with Crippen molar-refractivity contribution in [3.05, 3.63) is 180 Å². The lowest BCUT2D eigenvalue weighted by molar-refractivity contribution is 0.590. The summed E-state index contributed by atoms with van der Waals surface area (Å²) in [4.78, 5) is 10.4. The van der Waals surface area contributed by atoms with E-state index >= 15 is 0 Å². The van der Waals surface area contributed by atoms with E-state index in [2.05, 4.69) is 193 Å². The summed E-state index contributed by atoms with van der Waals surface area (Å²) < 4.78 is 0. The lowest BCUT2D eigenvalue weighted by atomic mass is 9.82. The minimum atomic E-state index is -0.0199. The first kappa shape index (κ1) is 33.9. The van der Waals surface area contributed by atoms with Gasteiger partial charge in [-0.15, -0.1) is 0 Å². The van der Waals surface area contributed by atoms with E-state index in [1.165, 1.54) is 44.5 Å². The Labute approximate surface area is 303 Å². The largest absolute Gasteiger partial charge is 0.256 e. The Balaban J connectivity index is 1.41. The molecule has 0 bridgehead atoms. The van der Waals surface area contributed by atoms with E-state index in [1.54, 1.807) is 0 Å². The smallest absolute Gasteiger partial charge is 0.0718 e. The molecule has 7 aromatic rings. The van der Waals surface area contributed by atoms with Gasteiger partial charge in [-0.05, 0) is 98.2 Å². The zero-order valence-electron chi connectivity index (χ0n) is 30.6. The molecule has 51 heavy (non-hydrogen) atoms. The molecule has 2 heterocycles. The molecule has 0 amide bonds. The molecule has 0 N–H and O–H groups in total. The zero-order valence-corrected chi connectivity index (χ0v) is 30.6. The highest BCUT2D eigenvalue weighted by Gasteiger charge is 2.21. The van der Waals surface area contributed by atoms with Crippen LogP contribution < -0.4 is 0 Å². The van der Waals surface area contributed by atoms with Gasteiger partial charge in [-0.1, -0.05) is 157 Å². The minimum Gasteiger partial charge on any atom is -0.256 e. The average molecular weight is 663 g/mol. The van der Waals surface area contributed by atoms with Gasteiger partial charge in [0, 0.05) is 22.9 Å². The molecule has 252 valence electrons. The van der Waals surface area contributed by atoms with Gasteiger partial charge < -0.3 is 0 Å². The second-order valence-corrected chi connectivity index (χ2v) is 15.6. The van der Waals surface area contributed by atoms with Crippen LogP contribution in [-0.2, 0) is 17.3 Å². The van der Waals surface area contributed by atoms with E-state index in [0.29, 0.717) is 0 Å². The van der Waals surface area contributed by atoms with Gasteiger partial charge in [-0.2, -0.15) is 0 Å². The van der Waals surface area contributed by atoms with Gasteiger partial charge in [-0.25, -0.2) is 4.98 Å². The Kier molecular flexibility index (Phi) is 9.27. The van der Waals surface area contributed by atoms with Crippen LogP contribution in [0.3, 0.4) is 0 Å². The summed E-state index contributed by atoms with van der Waals surface area (Å²) in [6.07, 6.45) is 2.69. The number of hydrogen-bond acceptors (Lipinski definition) is 2. The van der Waals surface area contributed by atoms with Crippen LogP contribution in [0.1, 0.15) is 63.8 Å². The van der Waals surface area contributed by atoms with Gasteiger partial charge in [0.2, 0.25) is 0 Å². The first-order chi connectivity index (χ1) is 24.5. The number of benzene rings is 5. The van der Waals surface area contributed by atoms with Gasteiger partial charge in [0.25, 0.3) is 0 Å². The summed E-state index contributed by atoms with van der Waals surface area (Å²) >= 11 is 0. The van der Waals surface area contributed by atoms with E-state index in [9.17, 15) is 0 Å². The summed E-state index contributed by atoms with van der Waals surface area (Å²) in [5.41, 5.74) is 16.1. The minimum absolute atomic E-state index is 0.000521. The highest BCUT2D eigenvalue weighted by molar-refractivity contribution is 5.79. The Morgan fingerprint density at radius 3 is 1.37 bits per heavy atom. The van der Waals surface area contributed by atoms with E-state index in [-0.39, 0.29) is 10.8 Å². The van der Waals surface area contributed by atoms with Crippen LogP contribution in [0.4, 0.5) is 0 Å². The maximum Gasteiger partial charge on any atom is 0.0718 e. The molecule has 0 aliphatic heterocycles. The second-order valence-electron chi connectivity index (χ2n) is 15.6. The van der Waals surface area contributed by atoms with Crippen LogP contribution in [-0.4, -0.2) is 9.97 Å². The van der Waals surface area contributed by atoms with Gasteiger partial charge in [0.05, 0.1) is 17.1 Å². The molecule has 5 aromatic carbocycles. The molecule has 2 heteroatoms. The predicted octanol–water partition coefficient (Wildman–Crippen LogP) is 13.0. The topological polar surface area (TPSA) is 25.8 Å². The van der Waals surface area contributed by atoms with Crippen LogP contribution >= 0.6 is 0 Å². The van der Waals surface area contributed by atoms with Gasteiger partial charge >= 0.3 is 0 Å². The fraction of sp³-hybridized carbons (Fsp3) is 0.184. The molecule has 0 radical (unpaired) electrons. The molecule has 2 nitrogen and oxygen atoms in total. The van der Waals surface area contributed by atoms with E-state index < -0.39 is 0 Å². The maximum atomic E-state index is 5.38. The van der Waals surface area contributed by atoms with Gasteiger partial charge in [-0.3, -0.25) is 4.98 Å². The lowest BCUT2D eigenvalue weighted by Crippen LogP contribution is -2.12. The molecule has 0 fully saturated rings. The molecule has 0 aliphatic rings. The summed E-state index contributed by atoms with van der Waals surface area (Å²) in [6.45, 7) is 13.7. The van der Waals surface area contributed by atoms with Crippen molar-refractivity contribution in [2.24, 2.45) is 0 Å². The fourth-order valence-corrected chi connectivity index (χ4v) is 6.69. The van der Waals surface area contributed by atoms with Crippen molar-refractivity contribution in [3.8, 4) is 56.0 Å². The normalized spacial score (nSPS) is 11.8. The van der Waals surface area contributed by atoms with E-state index in [1.807, 2.05) is 6.20 Å². The van der Waals surface area contributed by atoms with Crippen molar-refractivity contribution >= 4 is 0 Å². The molecular formula is C49H46N2. The Morgan fingerprint density at radius 2 is 0.843 bits per heavy atom. The molecule has 2 aromatic heterocycles. The van der Waals surface area contributed by atoms with Crippen molar-refractivity contribution in [2.75, 3.05) is 0 Å². The van der Waals surface area contributed by atoms with Crippen molar-refractivity contribution in [2.45, 2.75) is 58.8 Å². The van der Waals surface area contributed by atoms with Crippen LogP contribution in [0.5, 0.6) is 0 Å².